The maximum absolute atomic E-state index is 4.49. The fraction of sp³-hybridized carbons (Fsp3) is 0.545. The molecule has 0 aromatic carbocycles. The molecule has 1 aliphatic heterocycles. The number of hydrogen-bond acceptors (Lipinski definition) is 3. The van der Waals surface area contributed by atoms with Crippen molar-refractivity contribution in [2.45, 2.75) is 20.3 Å². The van der Waals surface area contributed by atoms with Gasteiger partial charge in [-0.3, -0.25) is 0 Å². The average Bonchev–Trinajstić information content (AvgIpc) is 2.38. The summed E-state index contributed by atoms with van der Waals surface area (Å²) in [5.74, 6) is 1.11. The summed E-state index contributed by atoms with van der Waals surface area (Å²) in [6.45, 7) is 7.44. The Bertz CT molecular complexity index is 322. The molecule has 14 heavy (non-hydrogen) atoms. The van der Waals surface area contributed by atoms with Gasteiger partial charge in [-0.1, -0.05) is 0 Å². The van der Waals surface area contributed by atoms with Gasteiger partial charge in [-0.15, -0.1) is 0 Å². The Morgan fingerprint density at radius 3 is 3.21 bits per heavy atom. The molecule has 1 aromatic rings. The Morgan fingerprint density at radius 1 is 1.57 bits per heavy atom. The highest BCUT2D eigenvalue weighted by Crippen LogP contribution is 2.26. The lowest BCUT2D eigenvalue weighted by Gasteiger charge is -2.21. The standard InChI is InChI=1S/C11H17N3/c1-3-14-6-4-5-12-10-7-9(2)8-13-11(10)14/h7-8,12H,3-6H2,1-2H3. The van der Waals surface area contributed by atoms with Gasteiger partial charge in [0, 0.05) is 25.8 Å². The second kappa shape index (κ2) is 3.86. The lowest BCUT2D eigenvalue weighted by atomic mass is 10.2. The van der Waals surface area contributed by atoms with Gasteiger partial charge in [-0.05, 0) is 31.9 Å². The van der Waals surface area contributed by atoms with E-state index in [-0.39, 0.29) is 0 Å². The van der Waals surface area contributed by atoms with Gasteiger partial charge < -0.3 is 10.2 Å². The van der Waals surface area contributed by atoms with E-state index in [1.54, 1.807) is 0 Å². The van der Waals surface area contributed by atoms with Gasteiger partial charge >= 0.3 is 0 Å². The zero-order valence-corrected chi connectivity index (χ0v) is 8.88. The van der Waals surface area contributed by atoms with E-state index >= 15 is 0 Å². The molecule has 0 fully saturated rings. The SMILES string of the molecule is CCN1CCCNc2cc(C)cnc21. The Balaban J connectivity index is 2.39. The predicted molar refractivity (Wildman–Crippen MR) is 60.0 cm³/mol. The topological polar surface area (TPSA) is 28.2 Å². The van der Waals surface area contributed by atoms with Crippen molar-refractivity contribution >= 4 is 11.5 Å². The second-order valence-electron chi connectivity index (χ2n) is 3.74. The fourth-order valence-corrected chi connectivity index (χ4v) is 1.85. The molecule has 0 amide bonds. The van der Waals surface area contributed by atoms with Gasteiger partial charge in [0.15, 0.2) is 5.82 Å². The summed E-state index contributed by atoms with van der Waals surface area (Å²) in [6, 6.07) is 2.18. The van der Waals surface area contributed by atoms with Crippen LogP contribution in [0.4, 0.5) is 11.5 Å². The van der Waals surface area contributed by atoms with Crippen molar-refractivity contribution in [3.63, 3.8) is 0 Å². The van der Waals surface area contributed by atoms with Crippen LogP contribution in [0.25, 0.3) is 0 Å². The Labute approximate surface area is 85.1 Å². The lowest BCUT2D eigenvalue weighted by Crippen LogP contribution is -2.24. The molecule has 76 valence electrons. The average molecular weight is 191 g/mol. The minimum atomic E-state index is 1.03. The molecule has 1 aliphatic rings. The molecule has 2 rings (SSSR count). The third-order valence-corrected chi connectivity index (χ3v) is 2.60. The van der Waals surface area contributed by atoms with Gasteiger partial charge in [0.25, 0.3) is 0 Å². The maximum atomic E-state index is 4.49. The van der Waals surface area contributed by atoms with E-state index in [1.807, 2.05) is 6.20 Å². The Morgan fingerprint density at radius 2 is 2.43 bits per heavy atom. The molecule has 1 aromatic heterocycles. The number of nitrogens with zero attached hydrogens (tertiary/aromatic N) is 2. The number of aromatic nitrogens is 1. The largest absolute Gasteiger partial charge is 0.382 e. The first-order valence-electron chi connectivity index (χ1n) is 5.26. The number of aryl methyl sites for hydroxylation is 1. The van der Waals surface area contributed by atoms with Crippen LogP contribution in [0.15, 0.2) is 12.3 Å². The highest BCUT2D eigenvalue weighted by atomic mass is 15.2. The van der Waals surface area contributed by atoms with Crippen LogP contribution in [-0.2, 0) is 0 Å². The van der Waals surface area contributed by atoms with E-state index in [0.29, 0.717) is 0 Å². The summed E-state index contributed by atoms with van der Waals surface area (Å²) in [5.41, 5.74) is 2.40. The first kappa shape index (κ1) is 9.31. The minimum Gasteiger partial charge on any atom is -0.382 e. The molecular formula is C11H17N3. The van der Waals surface area contributed by atoms with Crippen LogP contribution in [0.2, 0.25) is 0 Å². The molecule has 0 unspecified atom stereocenters. The quantitative estimate of drug-likeness (QED) is 0.736. The Kier molecular flexibility index (Phi) is 2.57. The van der Waals surface area contributed by atoms with Gasteiger partial charge in [0.1, 0.15) is 0 Å². The predicted octanol–water partition coefficient (Wildman–Crippen LogP) is 2.03. The third-order valence-electron chi connectivity index (χ3n) is 2.60. The van der Waals surface area contributed by atoms with Crippen molar-refractivity contribution < 1.29 is 0 Å². The van der Waals surface area contributed by atoms with Gasteiger partial charge in [-0.25, -0.2) is 4.98 Å². The smallest absolute Gasteiger partial charge is 0.151 e. The van der Waals surface area contributed by atoms with Gasteiger partial charge in [-0.2, -0.15) is 0 Å². The van der Waals surface area contributed by atoms with Crippen molar-refractivity contribution in [2.24, 2.45) is 0 Å². The third kappa shape index (κ3) is 1.67. The van der Waals surface area contributed by atoms with Crippen molar-refractivity contribution in [1.29, 1.82) is 0 Å². The lowest BCUT2D eigenvalue weighted by molar-refractivity contribution is 0.777. The van der Waals surface area contributed by atoms with Gasteiger partial charge in [0.2, 0.25) is 0 Å². The zero-order valence-electron chi connectivity index (χ0n) is 8.88. The van der Waals surface area contributed by atoms with Crippen molar-refractivity contribution in [2.75, 3.05) is 29.9 Å². The number of rotatable bonds is 1. The molecule has 0 bridgehead atoms. The zero-order chi connectivity index (χ0) is 9.97. The number of anilines is 2. The number of hydrogen-bond donors (Lipinski definition) is 1. The van der Waals surface area contributed by atoms with Crippen LogP contribution < -0.4 is 10.2 Å². The maximum Gasteiger partial charge on any atom is 0.151 e. The van der Waals surface area contributed by atoms with Crippen LogP contribution in [0, 0.1) is 6.92 Å². The van der Waals surface area contributed by atoms with Crippen molar-refractivity contribution in [1.82, 2.24) is 4.98 Å². The van der Waals surface area contributed by atoms with E-state index in [2.05, 4.69) is 35.1 Å². The summed E-state index contributed by atoms with van der Waals surface area (Å²) >= 11 is 0. The number of fused-ring (bicyclic) bond motifs is 1. The number of pyridine rings is 1. The first-order chi connectivity index (χ1) is 6.81. The molecule has 3 heteroatoms. The monoisotopic (exact) mass is 191 g/mol. The summed E-state index contributed by atoms with van der Waals surface area (Å²) in [5, 5.41) is 3.43. The summed E-state index contributed by atoms with van der Waals surface area (Å²) < 4.78 is 0. The highest BCUT2D eigenvalue weighted by Gasteiger charge is 2.14. The van der Waals surface area contributed by atoms with E-state index < -0.39 is 0 Å². The van der Waals surface area contributed by atoms with Crippen molar-refractivity contribution in [3.05, 3.63) is 17.8 Å². The summed E-state index contributed by atoms with van der Waals surface area (Å²) in [6.07, 6.45) is 3.12. The highest BCUT2D eigenvalue weighted by molar-refractivity contribution is 5.67. The minimum absolute atomic E-state index is 1.03. The van der Waals surface area contributed by atoms with Crippen molar-refractivity contribution in [3.8, 4) is 0 Å². The van der Waals surface area contributed by atoms with Crippen LogP contribution in [0.1, 0.15) is 18.9 Å². The van der Waals surface area contributed by atoms with E-state index in [4.69, 9.17) is 0 Å². The summed E-state index contributed by atoms with van der Waals surface area (Å²) in [7, 11) is 0. The number of nitrogens with one attached hydrogen (secondary N) is 1. The normalized spacial score (nSPS) is 15.7. The first-order valence-corrected chi connectivity index (χ1v) is 5.26. The molecule has 0 radical (unpaired) electrons. The van der Waals surface area contributed by atoms with Crippen LogP contribution in [-0.4, -0.2) is 24.6 Å². The van der Waals surface area contributed by atoms with E-state index in [0.717, 1.165) is 25.5 Å². The molecule has 0 spiro atoms. The second-order valence-corrected chi connectivity index (χ2v) is 3.74. The van der Waals surface area contributed by atoms with Crippen LogP contribution >= 0.6 is 0 Å². The molecule has 0 saturated heterocycles. The fourth-order valence-electron chi connectivity index (χ4n) is 1.85. The van der Waals surface area contributed by atoms with E-state index in [9.17, 15) is 0 Å². The van der Waals surface area contributed by atoms with Gasteiger partial charge in [0.05, 0.1) is 5.69 Å². The molecule has 2 heterocycles. The molecular weight excluding hydrogens is 174 g/mol. The molecule has 0 saturated carbocycles. The Hall–Kier alpha value is -1.25. The molecule has 1 N–H and O–H groups in total. The van der Waals surface area contributed by atoms with E-state index in [1.165, 1.54) is 17.7 Å². The summed E-state index contributed by atoms with van der Waals surface area (Å²) in [4.78, 5) is 6.82. The van der Waals surface area contributed by atoms with Crippen LogP contribution in [0.3, 0.4) is 0 Å². The molecule has 3 nitrogen and oxygen atoms in total. The van der Waals surface area contributed by atoms with Crippen LogP contribution in [0.5, 0.6) is 0 Å². The molecule has 0 atom stereocenters. The molecule has 0 aliphatic carbocycles.